The maximum Gasteiger partial charge on any atom is 0.220 e. The largest absolute Gasteiger partial charge is 0.394 e. The summed E-state index contributed by atoms with van der Waals surface area (Å²) in [6, 6.07) is -0.715. The summed E-state index contributed by atoms with van der Waals surface area (Å²) in [6.07, 6.45) is 48.0. The van der Waals surface area contributed by atoms with Gasteiger partial charge in [0.05, 0.1) is 25.4 Å². The Kier molecular flexibility index (Phi) is 43.5. The Bertz CT molecular complexity index is 1010. The van der Waals surface area contributed by atoms with Crippen LogP contribution < -0.4 is 5.32 Å². The first-order valence-corrected chi connectivity index (χ1v) is 27.9. The van der Waals surface area contributed by atoms with Gasteiger partial charge in [-0.2, -0.15) is 0 Å². The van der Waals surface area contributed by atoms with Crippen molar-refractivity contribution in [1.82, 2.24) is 5.32 Å². The number of carbonyl (C=O) groups excluding carboxylic acids is 1. The highest BCUT2D eigenvalue weighted by molar-refractivity contribution is 5.76. The molecule has 6 N–H and O–H groups in total. The van der Waals surface area contributed by atoms with E-state index in [9.17, 15) is 30.3 Å². The minimum Gasteiger partial charge on any atom is -0.394 e. The molecular weight excluding hydrogens is 803 g/mol. The number of rotatable bonds is 48. The minimum absolute atomic E-state index is 0.133. The van der Waals surface area contributed by atoms with Gasteiger partial charge in [-0.1, -0.05) is 244 Å². The molecule has 1 fully saturated rings. The second kappa shape index (κ2) is 45.7. The summed E-state index contributed by atoms with van der Waals surface area (Å²) in [6.45, 7) is 3.87. The Labute approximate surface area is 395 Å². The van der Waals surface area contributed by atoms with Crippen LogP contribution in [0.1, 0.15) is 277 Å². The molecule has 0 aliphatic carbocycles. The summed E-state index contributed by atoms with van der Waals surface area (Å²) in [5.74, 6) is -0.140. The SMILES string of the molecule is CCCCCCCCCC/C=C\CCCCCCCCCCCCCCCC(=O)NC(COC1OC(CO)C(O)C(O)C1O)C(O)CCCCCCCCCCCCCCCCCC. The van der Waals surface area contributed by atoms with Crippen LogP contribution in [0.4, 0.5) is 0 Å². The molecule has 1 amide bonds. The van der Waals surface area contributed by atoms with Crippen LogP contribution >= 0.6 is 0 Å². The van der Waals surface area contributed by atoms with Crippen molar-refractivity contribution in [2.24, 2.45) is 0 Å². The second-order valence-electron chi connectivity index (χ2n) is 19.7. The van der Waals surface area contributed by atoms with Crippen LogP contribution in [-0.4, -0.2) is 87.5 Å². The number of hydrogen-bond donors (Lipinski definition) is 6. The summed E-state index contributed by atoms with van der Waals surface area (Å²) in [5.41, 5.74) is 0. The van der Waals surface area contributed by atoms with Crippen molar-refractivity contribution >= 4 is 5.91 Å². The topological polar surface area (TPSA) is 149 Å². The quantitative estimate of drug-likeness (QED) is 0.0261. The standard InChI is InChI=1S/C55H107NO8/c1-3-5-7-9-11-13-15-17-19-21-22-23-24-25-26-27-28-29-31-33-35-37-39-41-43-45-51(59)56-48(47-63-55-54(62)53(61)52(60)50(46-57)64-55)49(58)44-42-40-38-36-34-32-30-20-18-16-14-12-10-8-6-4-2/h21-22,48-50,52-55,57-58,60-62H,3-20,23-47H2,1-2H3,(H,56,59)/b22-21-. The number of ether oxygens (including phenoxy) is 2. The molecule has 0 aromatic rings. The van der Waals surface area contributed by atoms with Gasteiger partial charge in [0.25, 0.3) is 0 Å². The third-order valence-electron chi connectivity index (χ3n) is 13.6. The lowest BCUT2D eigenvalue weighted by Gasteiger charge is -2.40. The molecule has 1 heterocycles. The van der Waals surface area contributed by atoms with Crippen molar-refractivity contribution in [3.63, 3.8) is 0 Å². The van der Waals surface area contributed by atoms with E-state index in [4.69, 9.17) is 9.47 Å². The van der Waals surface area contributed by atoms with Crippen molar-refractivity contribution in [1.29, 1.82) is 0 Å². The third-order valence-corrected chi connectivity index (χ3v) is 13.6. The van der Waals surface area contributed by atoms with Gasteiger partial charge in [-0.15, -0.1) is 0 Å². The van der Waals surface area contributed by atoms with Crippen LogP contribution in [0.15, 0.2) is 12.2 Å². The number of aliphatic hydroxyl groups is 5. The van der Waals surface area contributed by atoms with Gasteiger partial charge in [0.15, 0.2) is 6.29 Å². The maximum absolute atomic E-state index is 13.1. The Balaban J connectivity index is 2.19. The molecule has 9 nitrogen and oxygen atoms in total. The van der Waals surface area contributed by atoms with Crippen LogP contribution in [0.5, 0.6) is 0 Å². The lowest BCUT2D eigenvalue weighted by atomic mass is 9.99. The van der Waals surface area contributed by atoms with Gasteiger partial charge in [0.1, 0.15) is 24.4 Å². The van der Waals surface area contributed by atoms with Crippen molar-refractivity contribution in [2.75, 3.05) is 13.2 Å². The monoisotopic (exact) mass is 910 g/mol. The van der Waals surface area contributed by atoms with Crippen LogP contribution in [0, 0.1) is 0 Å². The van der Waals surface area contributed by atoms with Crippen molar-refractivity contribution in [2.45, 2.75) is 320 Å². The molecule has 1 aliphatic heterocycles. The van der Waals surface area contributed by atoms with Gasteiger partial charge < -0.3 is 40.3 Å². The minimum atomic E-state index is -1.55. The molecular formula is C55H107NO8. The van der Waals surface area contributed by atoms with Crippen LogP contribution in [-0.2, 0) is 14.3 Å². The van der Waals surface area contributed by atoms with Crippen molar-refractivity contribution < 1.29 is 39.8 Å². The van der Waals surface area contributed by atoms with Gasteiger partial charge in [-0.05, 0) is 38.5 Å². The molecule has 0 spiro atoms. The molecule has 0 aromatic carbocycles. The smallest absolute Gasteiger partial charge is 0.220 e. The summed E-state index contributed by atoms with van der Waals surface area (Å²) in [7, 11) is 0. The summed E-state index contributed by atoms with van der Waals surface area (Å²) >= 11 is 0. The molecule has 1 aliphatic rings. The molecule has 7 atom stereocenters. The normalized spacial score (nSPS) is 20.0. The average molecular weight is 910 g/mol. The Morgan fingerprint density at radius 2 is 0.875 bits per heavy atom. The molecule has 1 rings (SSSR count). The summed E-state index contributed by atoms with van der Waals surface area (Å²) < 4.78 is 11.3. The fourth-order valence-corrected chi connectivity index (χ4v) is 9.16. The second-order valence-corrected chi connectivity index (χ2v) is 19.7. The predicted molar refractivity (Wildman–Crippen MR) is 267 cm³/mol. The van der Waals surface area contributed by atoms with Gasteiger partial charge in [-0.3, -0.25) is 4.79 Å². The Hall–Kier alpha value is -1.07. The lowest BCUT2D eigenvalue weighted by Crippen LogP contribution is -2.60. The van der Waals surface area contributed by atoms with E-state index >= 15 is 0 Å². The van der Waals surface area contributed by atoms with Gasteiger partial charge in [-0.25, -0.2) is 0 Å². The van der Waals surface area contributed by atoms with E-state index in [1.165, 1.54) is 212 Å². The molecule has 7 unspecified atom stereocenters. The molecule has 0 bridgehead atoms. The predicted octanol–water partition coefficient (Wildman–Crippen LogP) is 13.2. The third kappa shape index (κ3) is 35.1. The fourth-order valence-electron chi connectivity index (χ4n) is 9.16. The highest BCUT2D eigenvalue weighted by Crippen LogP contribution is 2.23. The van der Waals surface area contributed by atoms with E-state index in [0.717, 1.165) is 38.5 Å². The van der Waals surface area contributed by atoms with E-state index in [1.54, 1.807) is 0 Å². The molecule has 380 valence electrons. The van der Waals surface area contributed by atoms with E-state index in [1.807, 2.05) is 0 Å². The van der Waals surface area contributed by atoms with Crippen LogP contribution in [0.25, 0.3) is 0 Å². The number of amides is 1. The van der Waals surface area contributed by atoms with Gasteiger partial charge in [0, 0.05) is 6.42 Å². The molecule has 0 radical (unpaired) electrons. The number of nitrogens with one attached hydrogen (secondary N) is 1. The lowest BCUT2D eigenvalue weighted by molar-refractivity contribution is -0.302. The number of aliphatic hydroxyl groups excluding tert-OH is 5. The summed E-state index contributed by atoms with van der Waals surface area (Å²) in [5, 5.41) is 54.6. The van der Waals surface area contributed by atoms with E-state index in [-0.39, 0.29) is 12.5 Å². The Morgan fingerprint density at radius 3 is 1.27 bits per heavy atom. The van der Waals surface area contributed by atoms with Crippen LogP contribution in [0.3, 0.4) is 0 Å². The summed E-state index contributed by atoms with van der Waals surface area (Å²) in [4.78, 5) is 13.1. The van der Waals surface area contributed by atoms with E-state index in [0.29, 0.717) is 12.8 Å². The zero-order valence-corrected chi connectivity index (χ0v) is 42.1. The Morgan fingerprint density at radius 1 is 0.516 bits per heavy atom. The van der Waals surface area contributed by atoms with Crippen LogP contribution in [0.2, 0.25) is 0 Å². The number of unbranched alkanes of at least 4 members (excludes halogenated alkanes) is 36. The molecule has 0 saturated carbocycles. The zero-order chi connectivity index (χ0) is 46.6. The van der Waals surface area contributed by atoms with Gasteiger partial charge >= 0.3 is 0 Å². The number of allylic oxidation sites excluding steroid dienone is 2. The first kappa shape index (κ1) is 60.9. The molecule has 9 heteroatoms. The molecule has 64 heavy (non-hydrogen) atoms. The van der Waals surface area contributed by atoms with E-state index in [2.05, 4.69) is 31.3 Å². The van der Waals surface area contributed by atoms with Crippen molar-refractivity contribution in [3.05, 3.63) is 12.2 Å². The number of carbonyl (C=O) groups is 1. The molecule has 0 aromatic heterocycles. The average Bonchev–Trinajstić information content (AvgIpc) is 3.29. The van der Waals surface area contributed by atoms with E-state index < -0.39 is 49.5 Å². The first-order valence-electron chi connectivity index (χ1n) is 27.9. The highest BCUT2D eigenvalue weighted by Gasteiger charge is 2.44. The van der Waals surface area contributed by atoms with Gasteiger partial charge in [0.2, 0.25) is 5.91 Å². The molecule has 1 saturated heterocycles. The highest BCUT2D eigenvalue weighted by atomic mass is 16.7. The zero-order valence-electron chi connectivity index (χ0n) is 42.1. The van der Waals surface area contributed by atoms with Crippen molar-refractivity contribution in [3.8, 4) is 0 Å². The number of hydrogen-bond acceptors (Lipinski definition) is 8. The maximum atomic E-state index is 13.1. The first-order chi connectivity index (χ1) is 31.3. The fraction of sp³-hybridized carbons (Fsp3) is 0.945.